The summed E-state index contributed by atoms with van der Waals surface area (Å²) in [6.45, 7) is 0. The fraction of sp³-hybridized carbons (Fsp3) is 0. The van der Waals surface area contributed by atoms with Crippen LogP contribution in [0.25, 0.3) is 78.9 Å². The van der Waals surface area contributed by atoms with Crippen LogP contribution in [-0.2, 0) is 0 Å². The van der Waals surface area contributed by atoms with Crippen LogP contribution < -0.4 is 9.80 Å². The second-order valence-corrected chi connectivity index (χ2v) is 19.0. The van der Waals surface area contributed by atoms with E-state index in [4.69, 9.17) is 0 Å². The molecule has 12 aromatic rings. The molecule has 0 saturated carbocycles. The van der Waals surface area contributed by atoms with Gasteiger partial charge in [0.25, 0.3) is 0 Å². The predicted molar refractivity (Wildman–Crippen MR) is 324 cm³/mol. The standard InChI is InChI=1S/C74H54N2/c1-5-17-57(18-6-1)65-25-13-29-71(51-65)75(72-30-14-26-66(52-72)58-19-7-2-8-20-58)69-47-43-63(44-48-69)61-39-35-55(36-40-61)33-34-56-37-41-62(42-38-56)64-45-49-70(50-46-64)76(73-31-15-27-67(53-73)59-21-9-3-10-22-59)74-32-16-28-68(54-74)60-23-11-4-12-24-60/h1-54H. The third-order valence-corrected chi connectivity index (χ3v) is 14.1. The smallest absolute Gasteiger partial charge is 0.0467 e. The molecule has 0 amide bonds. The first-order chi connectivity index (χ1) is 37.6. The van der Waals surface area contributed by atoms with Crippen molar-refractivity contribution >= 4 is 46.3 Å². The lowest BCUT2D eigenvalue weighted by Gasteiger charge is -2.27. The molecule has 0 saturated heterocycles. The molecule has 0 aromatic heterocycles. The number of hydrogen-bond acceptors (Lipinski definition) is 2. The van der Waals surface area contributed by atoms with Crippen molar-refractivity contribution in [3.8, 4) is 66.8 Å². The minimum absolute atomic E-state index is 1.09. The Bertz CT molecular complexity index is 3440. The molecule has 0 fully saturated rings. The molecule has 0 atom stereocenters. The lowest BCUT2D eigenvalue weighted by molar-refractivity contribution is 1.28. The summed E-state index contributed by atoms with van der Waals surface area (Å²) < 4.78 is 0. The molecule has 0 aliphatic rings. The zero-order chi connectivity index (χ0) is 50.9. The maximum absolute atomic E-state index is 2.35. The highest BCUT2D eigenvalue weighted by Gasteiger charge is 2.17. The van der Waals surface area contributed by atoms with Crippen LogP contribution in [0.4, 0.5) is 34.1 Å². The average molecular weight is 971 g/mol. The van der Waals surface area contributed by atoms with Gasteiger partial charge in [0.1, 0.15) is 0 Å². The molecule has 2 nitrogen and oxygen atoms in total. The monoisotopic (exact) mass is 970 g/mol. The number of nitrogens with zero attached hydrogens (tertiary/aromatic N) is 2. The maximum atomic E-state index is 2.35. The van der Waals surface area contributed by atoms with Crippen molar-refractivity contribution in [1.29, 1.82) is 0 Å². The van der Waals surface area contributed by atoms with E-state index in [2.05, 4.69) is 337 Å². The van der Waals surface area contributed by atoms with Crippen molar-refractivity contribution in [2.45, 2.75) is 0 Å². The molecule has 0 N–H and O–H groups in total. The average Bonchev–Trinajstić information content (AvgIpc) is 3.51. The molecule has 360 valence electrons. The SMILES string of the molecule is C(=Cc1ccc(-c2ccc(N(c3cccc(-c4ccccc4)c3)c3cccc(-c4ccccc4)c3)cc2)cc1)c1ccc(-c2ccc(N(c3cccc(-c4ccccc4)c3)c3cccc(-c4ccccc4)c3)cc2)cc1. The van der Waals surface area contributed by atoms with Crippen LogP contribution in [0.3, 0.4) is 0 Å². The fourth-order valence-corrected chi connectivity index (χ4v) is 10.1. The van der Waals surface area contributed by atoms with Gasteiger partial charge in [0, 0.05) is 34.1 Å². The van der Waals surface area contributed by atoms with Gasteiger partial charge in [-0.1, -0.05) is 255 Å². The minimum atomic E-state index is 1.09. The lowest BCUT2D eigenvalue weighted by Crippen LogP contribution is -2.10. The lowest BCUT2D eigenvalue weighted by atomic mass is 10.0. The molecule has 0 heterocycles. The van der Waals surface area contributed by atoms with Crippen molar-refractivity contribution in [3.63, 3.8) is 0 Å². The minimum Gasteiger partial charge on any atom is -0.310 e. The Morgan fingerprint density at radius 1 is 0.158 bits per heavy atom. The van der Waals surface area contributed by atoms with Gasteiger partial charge >= 0.3 is 0 Å². The molecule has 76 heavy (non-hydrogen) atoms. The summed E-state index contributed by atoms with van der Waals surface area (Å²) in [5.74, 6) is 0. The Morgan fingerprint density at radius 2 is 0.368 bits per heavy atom. The summed E-state index contributed by atoms with van der Waals surface area (Å²) in [4.78, 5) is 4.71. The molecular formula is C74H54N2. The molecule has 0 bridgehead atoms. The Kier molecular flexibility index (Phi) is 13.6. The molecule has 0 radical (unpaired) electrons. The van der Waals surface area contributed by atoms with E-state index in [9.17, 15) is 0 Å². The maximum Gasteiger partial charge on any atom is 0.0467 e. The molecule has 2 heteroatoms. The highest BCUT2D eigenvalue weighted by Crippen LogP contribution is 2.41. The molecule has 0 unspecified atom stereocenters. The van der Waals surface area contributed by atoms with Crippen LogP contribution >= 0.6 is 0 Å². The Labute approximate surface area is 447 Å². The van der Waals surface area contributed by atoms with E-state index in [-0.39, 0.29) is 0 Å². The third-order valence-electron chi connectivity index (χ3n) is 14.1. The van der Waals surface area contributed by atoms with E-state index in [1.54, 1.807) is 0 Å². The second kappa shape index (κ2) is 22.0. The van der Waals surface area contributed by atoms with Crippen molar-refractivity contribution in [3.05, 3.63) is 327 Å². The molecule has 0 spiro atoms. The topological polar surface area (TPSA) is 6.48 Å². The summed E-state index contributed by atoms with van der Waals surface area (Å²) in [6.07, 6.45) is 4.38. The highest BCUT2D eigenvalue weighted by molar-refractivity contribution is 5.86. The summed E-state index contributed by atoms with van der Waals surface area (Å²) in [7, 11) is 0. The van der Waals surface area contributed by atoms with Gasteiger partial charge in [-0.05, 0) is 151 Å². The van der Waals surface area contributed by atoms with Crippen molar-refractivity contribution in [1.82, 2.24) is 0 Å². The van der Waals surface area contributed by atoms with E-state index in [0.29, 0.717) is 0 Å². The summed E-state index contributed by atoms with van der Waals surface area (Å²) in [5.41, 5.74) is 23.1. The summed E-state index contributed by atoms with van der Waals surface area (Å²) >= 11 is 0. The zero-order valence-corrected chi connectivity index (χ0v) is 42.1. The molecule has 12 aromatic carbocycles. The Hall–Kier alpha value is -10.0. The van der Waals surface area contributed by atoms with Crippen LogP contribution in [0.2, 0.25) is 0 Å². The Morgan fingerprint density at radius 3 is 0.618 bits per heavy atom. The largest absolute Gasteiger partial charge is 0.310 e. The Balaban J connectivity index is 0.758. The van der Waals surface area contributed by atoms with Gasteiger partial charge in [-0.3, -0.25) is 0 Å². The van der Waals surface area contributed by atoms with E-state index in [1.807, 2.05) is 0 Å². The van der Waals surface area contributed by atoms with Crippen LogP contribution in [0.1, 0.15) is 11.1 Å². The number of benzene rings is 12. The molecular weight excluding hydrogens is 917 g/mol. The van der Waals surface area contributed by atoms with E-state index < -0.39 is 0 Å². The summed E-state index contributed by atoms with van der Waals surface area (Å²) in [5, 5.41) is 0. The van der Waals surface area contributed by atoms with Gasteiger partial charge in [-0.15, -0.1) is 0 Å². The molecule has 0 aliphatic carbocycles. The quantitative estimate of drug-likeness (QED) is 0.100. The normalized spacial score (nSPS) is 11.1. The van der Waals surface area contributed by atoms with E-state index in [1.165, 1.54) is 66.8 Å². The molecule has 12 rings (SSSR count). The van der Waals surface area contributed by atoms with Gasteiger partial charge < -0.3 is 9.80 Å². The first-order valence-electron chi connectivity index (χ1n) is 26.0. The van der Waals surface area contributed by atoms with Crippen molar-refractivity contribution in [2.24, 2.45) is 0 Å². The predicted octanol–water partition coefficient (Wildman–Crippen LogP) is 20.8. The first-order valence-corrected chi connectivity index (χ1v) is 26.0. The van der Waals surface area contributed by atoms with Crippen LogP contribution in [0, 0.1) is 0 Å². The number of hydrogen-bond donors (Lipinski definition) is 0. The van der Waals surface area contributed by atoms with Gasteiger partial charge in [0.15, 0.2) is 0 Å². The highest BCUT2D eigenvalue weighted by atomic mass is 15.1. The number of rotatable bonds is 14. The van der Waals surface area contributed by atoms with Crippen molar-refractivity contribution < 1.29 is 0 Å². The third kappa shape index (κ3) is 10.6. The summed E-state index contributed by atoms with van der Waals surface area (Å²) in [6, 6.07) is 113. The van der Waals surface area contributed by atoms with Gasteiger partial charge in [-0.2, -0.15) is 0 Å². The fourth-order valence-electron chi connectivity index (χ4n) is 10.1. The van der Waals surface area contributed by atoms with Crippen LogP contribution in [0.15, 0.2) is 315 Å². The van der Waals surface area contributed by atoms with Gasteiger partial charge in [0.05, 0.1) is 0 Å². The second-order valence-electron chi connectivity index (χ2n) is 19.0. The van der Waals surface area contributed by atoms with E-state index in [0.717, 1.165) is 45.3 Å². The van der Waals surface area contributed by atoms with Crippen LogP contribution in [0.5, 0.6) is 0 Å². The first kappa shape index (κ1) is 47.0. The molecule has 0 aliphatic heterocycles. The number of anilines is 6. The van der Waals surface area contributed by atoms with Crippen LogP contribution in [-0.4, -0.2) is 0 Å². The van der Waals surface area contributed by atoms with Gasteiger partial charge in [-0.25, -0.2) is 0 Å². The van der Waals surface area contributed by atoms with E-state index >= 15 is 0 Å². The van der Waals surface area contributed by atoms with Gasteiger partial charge in [0.2, 0.25) is 0 Å². The van der Waals surface area contributed by atoms with Crippen molar-refractivity contribution in [2.75, 3.05) is 9.80 Å². The zero-order valence-electron chi connectivity index (χ0n) is 42.1.